The Hall–Kier alpha value is -2.33. The van der Waals surface area contributed by atoms with Crippen LogP contribution >= 0.6 is 0 Å². The van der Waals surface area contributed by atoms with Gasteiger partial charge in [-0.3, -0.25) is 4.79 Å². The quantitative estimate of drug-likeness (QED) is 0.622. The lowest BCUT2D eigenvalue weighted by Gasteiger charge is -2.49. The number of benzene rings is 2. The molecule has 2 aromatic rings. The molecule has 5 rings (SSSR count). The Morgan fingerprint density at radius 1 is 1.06 bits per heavy atom. The summed E-state index contributed by atoms with van der Waals surface area (Å²) in [5, 5.41) is 0. The average molecular weight is 420 g/mol. The lowest BCUT2D eigenvalue weighted by molar-refractivity contribution is -0.0440. The molecule has 164 valence electrons. The minimum Gasteiger partial charge on any atom is -0.497 e. The van der Waals surface area contributed by atoms with E-state index in [4.69, 9.17) is 9.47 Å². The van der Waals surface area contributed by atoms with Gasteiger partial charge in [-0.1, -0.05) is 32.9 Å². The van der Waals surface area contributed by atoms with Gasteiger partial charge in [0.2, 0.25) is 0 Å². The van der Waals surface area contributed by atoms with Crippen molar-refractivity contribution in [3.05, 3.63) is 59.2 Å². The summed E-state index contributed by atoms with van der Waals surface area (Å²) in [6, 6.07) is 14.4. The lowest BCUT2D eigenvalue weighted by Crippen LogP contribution is -2.53. The first-order valence-electron chi connectivity index (χ1n) is 11.6. The Kier molecular flexibility index (Phi) is 5.09. The number of carbonyl (C=O) groups is 1. The van der Waals surface area contributed by atoms with Crippen molar-refractivity contribution < 1.29 is 14.3 Å². The molecule has 4 heteroatoms. The van der Waals surface area contributed by atoms with Crippen LogP contribution < -0.4 is 9.64 Å². The molecule has 1 saturated carbocycles. The number of anilines is 1. The SMILES string of the molecule is COc1ccc(C(=O)N2c3ccc(C(C)(C)C)cc3[C@H]3OCCC[C@H]3[C@H]2C2CC2)cc1. The molecule has 3 atom stereocenters. The zero-order chi connectivity index (χ0) is 21.8. The summed E-state index contributed by atoms with van der Waals surface area (Å²) in [7, 11) is 1.65. The number of hydrogen-bond donors (Lipinski definition) is 0. The monoisotopic (exact) mass is 419 g/mol. The highest BCUT2D eigenvalue weighted by molar-refractivity contribution is 6.07. The van der Waals surface area contributed by atoms with E-state index in [1.165, 1.54) is 24.0 Å². The van der Waals surface area contributed by atoms with Crippen LogP contribution in [0.5, 0.6) is 5.75 Å². The number of ether oxygens (including phenoxy) is 2. The fourth-order valence-corrected chi connectivity index (χ4v) is 5.41. The van der Waals surface area contributed by atoms with Crippen molar-refractivity contribution in [3.63, 3.8) is 0 Å². The van der Waals surface area contributed by atoms with E-state index in [1.54, 1.807) is 7.11 Å². The molecule has 2 aliphatic heterocycles. The summed E-state index contributed by atoms with van der Waals surface area (Å²) in [5.74, 6) is 1.80. The van der Waals surface area contributed by atoms with Gasteiger partial charge < -0.3 is 14.4 Å². The maximum Gasteiger partial charge on any atom is 0.258 e. The van der Waals surface area contributed by atoms with Crippen molar-refractivity contribution in [3.8, 4) is 5.75 Å². The van der Waals surface area contributed by atoms with Gasteiger partial charge in [-0.15, -0.1) is 0 Å². The summed E-state index contributed by atoms with van der Waals surface area (Å²) in [6.45, 7) is 7.53. The van der Waals surface area contributed by atoms with E-state index in [9.17, 15) is 4.79 Å². The zero-order valence-electron chi connectivity index (χ0n) is 19.1. The molecule has 4 nitrogen and oxygen atoms in total. The van der Waals surface area contributed by atoms with Crippen molar-refractivity contribution >= 4 is 11.6 Å². The molecular formula is C27H33NO3. The molecule has 0 aromatic heterocycles. The fraction of sp³-hybridized carbons (Fsp3) is 0.519. The van der Waals surface area contributed by atoms with Gasteiger partial charge in [-0.25, -0.2) is 0 Å². The van der Waals surface area contributed by atoms with E-state index in [0.717, 1.165) is 30.9 Å². The van der Waals surface area contributed by atoms with Crippen LogP contribution in [0.2, 0.25) is 0 Å². The van der Waals surface area contributed by atoms with Crippen molar-refractivity contribution in [1.29, 1.82) is 0 Å². The molecule has 0 spiro atoms. The Morgan fingerprint density at radius 2 is 1.81 bits per heavy atom. The van der Waals surface area contributed by atoms with Crippen LogP contribution in [-0.2, 0) is 10.2 Å². The number of methoxy groups -OCH3 is 1. The van der Waals surface area contributed by atoms with Crippen LogP contribution in [-0.4, -0.2) is 25.7 Å². The Balaban J connectivity index is 1.63. The molecule has 1 saturated heterocycles. The molecule has 0 unspecified atom stereocenters. The predicted molar refractivity (Wildman–Crippen MR) is 123 cm³/mol. The van der Waals surface area contributed by atoms with Crippen molar-refractivity contribution in [2.75, 3.05) is 18.6 Å². The second kappa shape index (κ2) is 7.67. The summed E-state index contributed by atoms with van der Waals surface area (Å²) >= 11 is 0. The van der Waals surface area contributed by atoms with E-state index in [-0.39, 0.29) is 23.5 Å². The van der Waals surface area contributed by atoms with Crippen molar-refractivity contribution in [2.45, 2.75) is 64.0 Å². The smallest absolute Gasteiger partial charge is 0.258 e. The number of fused-ring (bicyclic) bond motifs is 3. The van der Waals surface area contributed by atoms with Gasteiger partial charge in [0.05, 0.1) is 18.9 Å². The Morgan fingerprint density at radius 3 is 2.45 bits per heavy atom. The molecule has 1 aliphatic carbocycles. The topological polar surface area (TPSA) is 38.8 Å². The Labute approximate surface area is 185 Å². The summed E-state index contributed by atoms with van der Waals surface area (Å²) in [5.41, 5.74) is 4.29. The first-order valence-corrected chi connectivity index (χ1v) is 11.6. The third-order valence-corrected chi connectivity index (χ3v) is 7.23. The highest BCUT2D eigenvalue weighted by atomic mass is 16.5. The van der Waals surface area contributed by atoms with Gasteiger partial charge >= 0.3 is 0 Å². The largest absolute Gasteiger partial charge is 0.497 e. The molecule has 0 bridgehead atoms. The Bertz CT molecular complexity index is 971. The molecule has 0 radical (unpaired) electrons. The maximum absolute atomic E-state index is 13.9. The minimum absolute atomic E-state index is 0.0529. The summed E-state index contributed by atoms with van der Waals surface area (Å²) in [4.78, 5) is 16.0. The molecule has 2 aromatic carbocycles. The third kappa shape index (κ3) is 3.65. The fourth-order valence-electron chi connectivity index (χ4n) is 5.41. The summed E-state index contributed by atoms with van der Waals surface area (Å²) in [6.07, 6.45) is 4.70. The first-order chi connectivity index (χ1) is 14.9. The third-order valence-electron chi connectivity index (χ3n) is 7.23. The number of carbonyl (C=O) groups excluding carboxylic acids is 1. The highest BCUT2D eigenvalue weighted by Crippen LogP contribution is 2.53. The molecule has 31 heavy (non-hydrogen) atoms. The van der Waals surface area contributed by atoms with Gasteiger partial charge in [0.15, 0.2) is 0 Å². The van der Waals surface area contributed by atoms with Gasteiger partial charge in [-0.2, -0.15) is 0 Å². The highest BCUT2D eigenvalue weighted by Gasteiger charge is 2.51. The van der Waals surface area contributed by atoms with Gasteiger partial charge in [0, 0.05) is 29.7 Å². The number of rotatable bonds is 3. The van der Waals surface area contributed by atoms with Crippen LogP contribution in [0.15, 0.2) is 42.5 Å². The minimum atomic E-state index is 0.0529. The zero-order valence-corrected chi connectivity index (χ0v) is 19.1. The second-order valence-corrected chi connectivity index (χ2v) is 10.4. The van der Waals surface area contributed by atoms with Crippen LogP contribution in [0, 0.1) is 11.8 Å². The summed E-state index contributed by atoms with van der Waals surface area (Å²) < 4.78 is 11.7. The van der Waals surface area contributed by atoms with E-state index < -0.39 is 0 Å². The van der Waals surface area contributed by atoms with E-state index in [1.807, 2.05) is 24.3 Å². The van der Waals surface area contributed by atoms with Gasteiger partial charge in [-0.05, 0) is 72.9 Å². The molecule has 3 aliphatic rings. The number of amides is 1. The molecule has 1 amide bonds. The predicted octanol–water partition coefficient (Wildman–Crippen LogP) is 5.90. The van der Waals surface area contributed by atoms with Gasteiger partial charge in [0.25, 0.3) is 5.91 Å². The number of nitrogens with zero attached hydrogens (tertiary/aromatic N) is 1. The standard InChI is InChI=1S/C27H33NO3/c1-27(2,3)19-11-14-23-22(16-19)25-21(6-5-15-31-25)24(17-7-8-17)28(23)26(29)18-9-12-20(30-4)13-10-18/h9-14,16-17,21,24-25H,5-8,15H2,1-4H3/t21-,24+,25-/m0/s1. The normalized spacial score (nSPS) is 25.5. The van der Waals surface area contributed by atoms with E-state index >= 15 is 0 Å². The molecule has 0 N–H and O–H groups in total. The van der Waals surface area contributed by atoms with Crippen LogP contribution in [0.3, 0.4) is 0 Å². The van der Waals surface area contributed by atoms with Crippen LogP contribution in [0.25, 0.3) is 0 Å². The molecule has 2 fully saturated rings. The lowest BCUT2D eigenvalue weighted by atomic mass is 9.75. The van der Waals surface area contributed by atoms with E-state index in [0.29, 0.717) is 17.4 Å². The average Bonchev–Trinajstić information content (AvgIpc) is 3.62. The van der Waals surface area contributed by atoms with Crippen molar-refractivity contribution in [2.24, 2.45) is 11.8 Å². The van der Waals surface area contributed by atoms with Gasteiger partial charge in [0.1, 0.15) is 5.75 Å². The van der Waals surface area contributed by atoms with Crippen molar-refractivity contribution in [1.82, 2.24) is 0 Å². The maximum atomic E-state index is 13.9. The first kappa shape index (κ1) is 20.6. The molecule has 2 heterocycles. The van der Waals surface area contributed by atoms with Crippen LogP contribution in [0.4, 0.5) is 5.69 Å². The van der Waals surface area contributed by atoms with Crippen LogP contribution in [0.1, 0.15) is 74.0 Å². The second-order valence-electron chi connectivity index (χ2n) is 10.4. The molecular weight excluding hydrogens is 386 g/mol. The van der Waals surface area contributed by atoms with E-state index in [2.05, 4.69) is 43.9 Å². The number of hydrogen-bond acceptors (Lipinski definition) is 3.